The van der Waals surface area contributed by atoms with E-state index in [0.717, 1.165) is 6.42 Å². The molecule has 0 rings (SSSR count). The summed E-state index contributed by atoms with van der Waals surface area (Å²) in [7, 11) is 0. The molecule has 0 radical (unpaired) electrons. The Morgan fingerprint density at radius 3 is 2.56 bits per heavy atom. The molecule has 0 fully saturated rings. The summed E-state index contributed by atoms with van der Waals surface area (Å²) in [6.07, 6.45) is 2.67. The first-order valence-electron chi connectivity index (χ1n) is 3.17. The van der Waals surface area contributed by atoms with E-state index in [1.165, 1.54) is 0 Å². The molecule has 0 spiro atoms. The lowest BCUT2D eigenvalue weighted by atomic mass is 10.0. The number of aliphatic hydroxyl groups is 1. The van der Waals surface area contributed by atoms with Crippen LogP contribution in [0.1, 0.15) is 20.3 Å². The highest BCUT2D eigenvalue weighted by atomic mass is 127. The van der Waals surface area contributed by atoms with Gasteiger partial charge in [0.1, 0.15) is 0 Å². The van der Waals surface area contributed by atoms with Crippen LogP contribution in [0.4, 0.5) is 0 Å². The smallest absolute Gasteiger partial charge is 0.0597 e. The highest BCUT2D eigenvalue weighted by Gasteiger charge is 2.06. The maximum absolute atomic E-state index is 9.20. The average Bonchev–Trinajstić information content (AvgIpc) is 1.87. The fourth-order valence-corrected chi connectivity index (χ4v) is 1.27. The third-order valence-corrected chi connectivity index (χ3v) is 1.82. The minimum absolute atomic E-state index is 0.170. The molecule has 0 aromatic heterocycles. The Bertz CT molecular complexity index is 90.9. The molecule has 0 saturated heterocycles. The summed E-state index contributed by atoms with van der Waals surface area (Å²) in [6.45, 7) is 4.01. The van der Waals surface area contributed by atoms with Crippen molar-refractivity contribution in [3.05, 3.63) is 10.2 Å². The predicted molar refractivity (Wildman–Crippen MR) is 48.6 cm³/mol. The second-order valence-electron chi connectivity index (χ2n) is 2.15. The highest BCUT2D eigenvalue weighted by molar-refractivity contribution is 14.1. The molecule has 0 aromatic rings. The van der Waals surface area contributed by atoms with Crippen molar-refractivity contribution in [2.24, 2.45) is 5.92 Å². The van der Waals surface area contributed by atoms with Crippen LogP contribution in [0.15, 0.2) is 10.2 Å². The van der Waals surface area contributed by atoms with Gasteiger partial charge < -0.3 is 5.11 Å². The topological polar surface area (TPSA) is 20.2 Å². The molecule has 2 heteroatoms. The van der Waals surface area contributed by atoms with Crippen molar-refractivity contribution in [2.75, 3.05) is 0 Å². The van der Waals surface area contributed by atoms with Gasteiger partial charge in [-0.2, -0.15) is 0 Å². The third kappa shape index (κ3) is 3.92. The van der Waals surface area contributed by atoms with Crippen molar-refractivity contribution in [1.82, 2.24) is 0 Å². The van der Waals surface area contributed by atoms with Gasteiger partial charge in [0.2, 0.25) is 0 Å². The summed E-state index contributed by atoms with van der Waals surface area (Å²) < 4.78 is 1.95. The zero-order valence-electron chi connectivity index (χ0n) is 5.84. The van der Waals surface area contributed by atoms with Crippen molar-refractivity contribution < 1.29 is 5.11 Å². The van der Waals surface area contributed by atoms with Crippen molar-refractivity contribution in [1.29, 1.82) is 0 Å². The number of hydrogen-bond acceptors (Lipinski definition) is 1. The fraction of sp³-hybridized carbons (Fsp3) is 0.714. The fourth-order valence-electron chi connectivity index (χ4n) is 0.615. The van der Waals surface area contributed by atoms with Crippen molar-refractivity contribution >= 4 is 22.6 Å². The lowest BCUT2D eigenvalue weighted by Gasteiger charge is -2.11. The van der Waals surface area contributed by atoms with Gasteiger partial charge in [0.25, 0.3) is 0 Å². The molecule has 0 aliphatic carbocycles. The van der Waals surface area contributed by atoms with Gasteiger partial charge >= 0.3 is 0 Å². The first-order chi connectivity index (χ1) is 4.22. The Hall–Kier alpha value is 0.430. The van der Waals surface area contributed by atoms with Gasteiger partial charge in [0, 0.05) is 5.92 Å². The summed E-state index contributed by atoms with van der Waals surface area (Å²) in [5.41, 5.74) is 0. The van der Waals surface area contributed by atoms with Gasteiger partial charge in [-0.25, -0.2) is 0 Å². The van der Waals surface area contributed by atoms with Gasteiger partial charge in [0.15, 0.2) is 0 Å². The van der Waals surface area contributed by atoms with E-state index in [0.29, 0.717) is 5.92 Å². The monoisotopic (exact) mass is 240 g/mol. The summed E-state index contributed by atoms with van der Waals surface area (Å²) in [5.74, 6) is 0.298. The zero-order valence-corrected chi connectivity index (χ0v) is 8.00. The van der Waals surface area contributed by atoms with Gasteiger partial charge in [-0.15, -0.1) is 0 Å². The van der Waals surface area contributed by atoms with Crippen molar-refractivity contribution in [3.63, 3.8) is 0 Å². The lowest BCUT2D eigenvalue weighted by Crippen LogP contribution is -2.13. The van der Waals surface area contributed by atoms with E-state index in [4.69, 9.17) is 0 Å². The average molecular weight is 240 g/mol. The Balaban J connectivity index is 3.58. The van der Waals surface area contributed by atoms with Crippen LogP contribution >= 0.6 is 22.6 Å². The van der Waals surface area contributed by atoms with Gasteiger partial charge in [-0.3, -0.25) is 0 Å². The molecule has 0 aliphatic rings. The molecular weight excluding hydrogens is 227 g/mol. The summed E-state index contributed by atoms with van der Waals surface area (Å²) in [4.78, 5) is 0. The predicted octanol–water partition coefficient (Wildman–Crippen LogP) is 2.34. The second-order valence-corrected chi connectivity index (χ2v) is 2.87. The third-order valence-electron chi connectivity index (χ3n) is 1.40. The van der Waals surface area contributed by atoms with Gasteiger partial charge in [0.05, 0.1) is 6.10 Å². The second kappa shape index (κ2) is 5.23. The minimum Gasteiger partial charge on any atom is -0.393 e. The zero-order chi connectivity index (χ0) is 7.28. The Kier molecular flexibility index (Phi) is 5.48. The van der Waals surface area contributed by atoms with Crippen LogP contribution in [0, 0.1) is 5.92 Å². The molecular formula is C7H13IO. The summed E-state index contributed by atoms with van der Waals surface area (Å²) in [5, 5.41) is 9.20. The van der Waals surface area contributed by atoms with E-state index in [2.05, 4.69) is 22.6 Å². The quantitative estimate of drug-likeness (QED) is 0.750. The van der Waals surface area contributed by atoms with Crippen LogP contribution in [0.5, 0.6) is 0 Å². The molecule has 0 aromatic carbocycles. The van der Waals surface area contributed by atoms with E-state index in [9.17, 15) is 5.11 Å². The summed E-state index contributed by atoms with van der Waals surface area (Å²) >= 11 is 2.16. The van der Waals surface area contributed by atoms with E-state index < -0.39 is 0 Å². The van der Waals surface area contributed by atoms with Crippen LogP contribution < -0.4 is 0 Å². The van der Waals surface area contributed by atoms with Crippen LogP contribution in [0.2, 0.25) is 0 Å². The molecule has 9 heavy (non-hydrogen) atoms. The van der Waals surface area contributed by atoms with Crippen LogP contribution in [0.3, 0.4) is 0 Å². The minimum atomic E-state index is -0.170. The highest BCUT2D eigenvalue weighted by Crippen LogP contribution is 2.08. The molecule has 2 atom stereocenters. The maximum Gasteiger partial charge on any atom is 0.0597 e. The van der Waals surface area contributed by atoms with Crippen molar-refractivity contribution in [2.45, 2.75) is 26.4 Å². The number of halogens is 1. The van der Waals surface area contributed by atoms with E-state index >= 15 is 0 Å². The summed E-state index contributed by atoms with van der Waals surface area (Å²) in [6, 6.07) is 0. The standard InChI is InChI=1S/C7H13IO/c1-3-7(9)6(2)4-5-8/h4-7,9H,3H2,1-2H3/b5-4+/t6-,7+/m1/s1. The van der Waals surface area contributed by atoms with Crippen LogP contribution in [-0.2, 0) is 0 Å². The van der Waals surface area contributed by atoms with Gasteiger partial charge in [-0.1, -0.05) is 42.5 Å². The van der Waals surface area contributed by atoms with Crippen molar-refractivity contribution in [3.8, 4) is 0 Å². The lowest BCUT2D eigenvalue weighted by molar-refractivity contribution is 0.134. The van der Waals surface area contributed by atoms with Crippen LogP contribution in [-0.4, -0.2) is 11.2 Å². The largest absolute Gasteiger partial charge is 0.393 e. The molecule has 0 heterocycles. The molecule has 0 bridgehead atoms. The molecule has 0 unspecified atom stereocenters. The maximum atomic E-state index is 9.20. The number of aliphatic hydroxyl groups excluding tert-OH is 1. The molecule has 0 amide bonds. The molecule has 0 saturated carbocycles. The number of hydrogen-bond donors (Lipinski definition) is 1. The Morgan fingerprint density at radius 1 is 1.67 bits per heavy atom. The molecule has 1 nitrogen and oxygen atoms in total. The first kappa shape index (κ1) is 9.43. The Labute approximate surface area is 70.3 Å². The SMILES string of the molecule is CC[C@H](O)[C@H](C)/C=C/I. The molecule has 0 aliphatic heterocycles. The van der Waals surface area contributed by atoms with Gasteiger partial charge in [-0.05, 0) is 10.5 Å². The first-order valence-corrected chi connectivity index (χ1v) is 4.41. The molecule has 54 valence electrons. The van der Waals surface area contributed by atoms with E-state index in [1.54, 1.807) is 0 Å². The normalized spacial score (nSPS) is 18.2. The van der Waals surface area contributed by atoms with E-state index in [-0.39, 0.29) is 6.10 Å². The van der Waals surface area contributed by atoms with E-state index in [1.807, 2.05) is 24.0 Å². The molecule has 1 N–H and O–H groups in total. The Morgan fingerprint density at radius 2 is 2.22 bits per heavy atom. The van der Waals surface area contributed by atoms with Crippen LogP contribution in [0.25, 0.3) is 0 Å². The number of rotatable bonds is 3.